The molecule has 0 saturated heterocycles. The molecule has 0 fully saturated rings. The van der Waals surface area contributed by atoms with Crippen molar-refractivity contribution < 1.29 is 300 Å². The molecule has 0 rings (SSSR count). The predicted molar refractivity (Wildman–Crippen MR) is 297 cm³/mol. The Balaban J connectivity index is -0.0000000185. The zero-order valence-electron chi connectivity index (χ0n) is 52.2. The van der Waals surface area contributed by atoms with Crippen molar-refractivity contribution in [3.05, 3.63) is 0 Å². The summed E-state index contributed by atoms with van der Waals surface area (Å²) in [5, 5.41) is 0. The molecular formula is C44H98F56O11. The van der Waals surface area contributed by atoms with Crippen LogP contribution in [0, 0.1) is 0 Å². The average Bonchev–Trinajstić information content (AvgIpc) is 0.999. The van der Waals surface area contributed by atoms with Gasteiger partial charge in [0.05, 0.1) is 35.9 Å². The summed E-state index contributed by atoms with van der Waals surface area (Å²) >= 11 is 0. The van der Waals surface area contributed by atoms with Crippen molar-refractivity contribution in [2.75, 3.05) is 194 Å². The van der Waals surface area contributed by atoms with Gasteiger partial charge in [-0.05, 0) is 31.7 Å². The van der Waals surface area contributed by atoms with E-state index in [-0.39, 0.29) is 59.4 Å². The number of hydrogen-bond acceptors (Lipinski definition) is 11. The first-order valence-electron chi connectivity index (χ1n) is 20.2. The van der Waals surface area contributed by atoms with Crippen molar-refractivity contribution in [2.45, 2.75) is 109 Å². The minimum Gasteiger partial charge on any atom is -0.375 e. The fourth-order valence-corrected chi connectivity index (χ4v) is 0.396. The second-order valence-corrected chi connectivity index (χ2v) is 8.58. The molecule has 732 valence electrons. The Morgan fingerprint density at radius 3 is 0.306 bits per heavy atom. The van der Waals surface area contributed by atoms with Gasteiger partial charge in [-0.15, -0.1) is 0 Å². The smallest absolute Gasteiger partial charge is 0.375 e. The van der Waals surface area contributed by atoms with Gasteiger partial charge < -0.3 is 18.9 Å². The summed E-state index contributed by atoms with van der Waals surface area (Å²) in [6.45, 7) is -34.4. The van der Waals surface area contributed by atoms with Gasteiger partial charge in [0, 0.05) is 28.4 Å². The highest BCUT2D eigenvalue weighted by atomic mass is 19.4. The van der Waals surface area contributed by atoms with Gasteiger partial charge in [0.15, 0.2) is 46.8 Å². The molecule has 0 aliphatic rings. The van der Waals surface area contributed by atoms with Gasteiger partial charge in [0.2, 0.25) is 75.9 Å². The first-order valence-corrected chi connectivity index (χ1v) is 20.2. The second kappa shape index (κ2) is 232. The summed E-state index contributed by atoms with van der Waals surface area (Å²) in [7, 11) is 6.31. The van der Waals surface area contributed by atoms with Crippen LogP contribution in [0.3, 0.4) is 0 Å². The highest BCUT2D eigenvalue weighted by Crippen LogP contribution is 2.17. The SMILES string of the molecule is C.C.C.C.C.C.C.C.CF.CF.CF.CF.CF.COC(F)(F)CF.COC(F)(F)CF.COCC(F)(F)F.COCF.FC(F)F.FCC(F)(F)F.FCC(F)(F)F.FCF.FCF.FCF.FCF.FCF.FCF.FCOF.FCOF.FCOF.FCOF.FCOF.FOCC(F)(F)F.FOCC(F)(F)F. The molecule has 11 nitrogen and oxygen atoms in total. The highest BCUT2D eigenvalue weighted by Gasteiger charge is 2.30. The van der Waals surface area contributed by atoms with Crippen LogP contribution in [0.25, 0.3) is 0 Å². The van der Waals surface area contributed by atoms with Crippen molar-refractivity contribution in [1.82, 2.24) is 0 Å². The Morgan fingerprint density at radius 2 is 0.306 bits per heavy atom. The second-order valence-electron chi connectivity index (χ2n) is 8.58. The van der Waals surface area contributed by atoms with Gasteiger partial charge in [-0.25, -0.2) is 96.6 Å². The fourth-order valence-electron chi connectivity index (χ4n) is 0.396. The largest absolute Gasteiger partial charge is 0.416 e. The van der Waals surface area contributed by atoms with Gasteiger partial charge in [-0.2, -0.15) is 131 Å². The van der Waals surface area contributed by atoms with E-state index in [9.17, 15) is 247 Å². The maximum atomic E-state index is 11.3. The molecule has 0 N–H and O–H groups in total. The first-order chi connectivity index (χ1) is 47.2. The topological polar surface area (TPSA) is 102 Å². The molecule has 0 spiro atoms. The monoisotopic (exact) mass is 1870 g/mol. The van der Waals surface area contributed by atoms with Crippen molar-refractivity contribution in [3.63, 3.8) is 0 Å². The van der Waals surface area contributed by atoms with Crippen molar-refractivity contribution >= 4 is 0 Å². The lowest BCUT2D eigenvalue weighted by Gasteiger charge is -2.06. The van der Waals surface area contributed by atoms with E-state index in [1.165, 1.54) is 7.11 Å². The summed E-state index contributed by atoms with van der Waals surface area (Å²) < 4.78 is 584. The standard InChI is InChI=1S/3C3H5F3O.2C2H2F4O.2C2H2F4.C2H5FO.CHF3.5CH2F2O.6CH2F2.5CH3F.8CH4/c1-7-2-3(4,5)6;2*1-7-3(5,6)2-4;2*3-2(4,5)1-7-6;2*3-1-2(4,5)6;1-4-2-3;2-1(3)4;5*2-1-4-3;6*2-1-3;5*1-2;;;;;;;;/h3*2H2,1H3;2*1H2;2*1H2;2H2,1H3;1H;5*1H2;6*1H2;5*1H3;8*1H4. The quantitative estimate of drug-likeness (QED) is 0.165. The molecule has 0 aliphatic heterocycles. The lowest BCUT2D eigenvalue weighted by atomic mass is 10.7. The van der Waals surface area contributed by atoms with Crippen LogP contribution in [0.5, 0.6) is 0 Å². The summed E-state index contributed by atoms with van der Waals surface area (Å²) in [6, 6.07) is 0. The van der Waals surface area contributed by atoms with E-state index in [2.05, 4.69) is 53.5 Å². The Morgan fingerprint density at radius 1 is 0.207 bits per heavy atom. The van der Waals surface area contributed by atoms with E-state index >= 15 is 0 Å². The lowest BCUT2D eigenvalue weighted by molar-refractivity contribution is -0.245. The number of halogens is 56. The minimum atomic E-state index is -4.62. The fraction of sp³-hybridized carbons (Fsp3) is 1.00. The molecule has 0 amide bonds. The Kier molecular flexibility index (Phi) is 458. The van der Waals surface area contributed by atoms with Crippen LogP contribution < -0.4 is 0 Å². The van der Waals surface area contributed by atoms with Crippen LogP contribution in [0.1, 0.15) is 59.4 Å². The van der Waals surface area contributed by atoms with E-state index < -0.39 is 179 Å². The number of ether oxygens (including phenoxy) is 4. The molecule has 0 unspecified atom stereocenters. The predicted octanol–water partition coefficient (Wildman–Crippen LogP) is 28.6. The summed E-state index contributed by atoms with van der Waals surface area (Å²) in [5.41, 5.74) is 0. The molecule has 0 heterocycles. The summed E-state index contributed by atoms with van der Waals surface area (Å²) in [5.74, 6) is 0. The molecule has 0 aromatic heterocycles. The molecule has 0 atom stereocenters. The molecule has 111 heavy (non-hydrogen) atoms. The Labute approximate surface area is 603 Å². The maximum Gasteiger partial charge on any atom is 0.416 e. The third-order valence-corrected chi connectivity index (χ3v) is 2.27. The summed E-state index contributed by atoms with van der Waals surface area (Å²) in [4.78, 5) is 16.4. The van der Waals surface area contributed by atoms with E-state index in [0.29, 0.717) is 35.9 Å². The average molecular weight is 1870 g/mol. The lowest BCUT2D eigenvalue weighted by Crippen LogP contribution is -2.20. The number of rotatable bonds is 13. The Bertz CT molecular complexity index is 886. The normalized spacial score (nSPS) is 8.27. The van der Waals surface area contributed by atoms with Crippen molar-refractivity contribution in [1.29, 1.82) is 0 Å². The summed E-state index contributed by atoms with van der Waals surface area (Å²) in [6.07, 6.45) is -29.7. The molecule has 0 bridgehead atoms. The van der Waals surface area contributed by atoms with Gasteiger partial charge in [0.1, 0.15) is 6.61 Å². The number of hydrogen-bond donors (Lipinski definition) is 0. The van der Waals surface area contributed by atoms with Gasteiger partial charge in [0.25, 0.3) is 0 Å². The maximum absolute atomic E-state index is 11.3. The van der Waals surface area contributed by atoms with Crippen LogP contribution in [0.4, 0.5) is 247 Å². The van der Waals surface area contributed by atoms with Crippen LogP contribution in [0.15, 0.2) is 0 Å². The van der Waals surface area contributed by atoms with E-state index in [1.54, 1.807) is 0 Å². The zero-order valence-corrected chi connectivity index (χ0v) is 52.2. The zero-order chi connectivity index (χ0) is 90.3. The van der Waals surface area contributed by atoms with Crippen LogP contribution in [0.2, 0.25) is 0 Å². The van der Waals surface area contributed by atoms with Crippen LogP contribution >= 0.6 is 0 Å². The van der Waals surface area contributed by atoms with Crippen LogP contribution in [-0.2, 0) is 53.5 Å². The minimum absolute atomic E-state index is 0. The number of methoxy groups -OCH3 is 4. The molecular weight excluding hydrogens is 1770 g/mol. The van der Waals surface area contributed by atoms with E-state index in [1.807, 2.05) is 0 Å². The van der Waals surface area contributed by atoms with Crippen LogP contribution in [-0.4, -0.2) is 243 Å². The molecule has 0 radical (unpaired) electrons. The molecule has 0 saturated carbocycles. The van der Waals surface area contributed by atoms with Gasteiger partial charge >= 0.3 is 49.8 Å². The highest BCUT2D eigenvalue weighted by molar-refractivity contribution is 4.45. The van der Waals surface area contributed by atoms with Gasteiger partial charge in [-0.1, -0.05) is 59.4 Å². The van der Waals surface area contributed by atoms with E-state index in [0.717, 1.165) is 21.3 Å². The van der Waals surface area contributed by atoms with Crippen molar-refractivity contribution in [2.24, 2.45) is 0 Å². The van der Waals surface area contributed by atoms with E-state index in [4.69, 9.17) is 0 Å². The van der Waals surface area contributed by atoms with Crippen molar-refractivity contribution in [3.8, 4) is 0 Å². The third kappa shape index (κ3) is 1130. The first kappa shape index (κ1) is 219. The van der Waals surface area contributed by atoms with Gasteiger partial charge in [-0.3, -0.25) is 22.0 Å². The molecule has 0 aliphatic carbocycles. The molecule has 0 aromatic rings. The third-order valence-electron chi connectivity index (χ3n) is 2.27. The number of alkyl halides is 49. The molecule has 0 aromatic carbocycles. The Hall–Kier alpha value is -4.36. The molecule has 67 heteroatoms.